The molecule has 2 atom stereocenters. The third kappa shape index (κ3) is 4.22. The molecule has 0 N–H and O–H groups in total. The first-order chi connectivity index (χ1) is 11.7. The first-order valence-electron chi connectivity index (χ1n) is 8.69. The number of carbonyl (C=O) groups is 1. The van der Waals surface area contributed by atoms with Gasteiger partial charge in [-0.2, -0.15) is 0 Å². The summed E-state index contributed by atoms with van der Waals surface area (Å²) in [5, 5.41) is 0. The number of hydrogen-bond donors (Lipinski definition) is 0. The fraction of sp³-hybridized carbons (Fsp3) is 0.611. The van der Waals surface area contributed by atoms with Crippen LogP contribution in [0.4, 0.5) is 0 Å². The molecule has 0 saturated carbocycles. The Morgan fingerprint density at radius 2 is 1.80 bits per heavy atom. The number of hydrogen-bond acceptors (Lipinski definition) is 5. The summed E-state index contributed by atoms with van der Waals surface area (Å²) in [6, 6.07) is 8.23. The van der Waals surface area contributed by atoms with E-state index in [0.29, 0.717) is 6.54 Å². The Bertz CT molecular complexity index is 748. The monoisotopic (exact) mass is 365 g/mol. The van der Waals surface area contributed by atoms with E-state index in [1.165, 1.54) is 11.1 Å². The van der Waals surface area contributed by atoms with Gasteiger partial charge in [-0.15, -0.1) is 0 Å². The molecular formula is C18H27N3O3S. The summed E-state index contributed by atoms with van der Waals surface area (Å²) in [5.41, 5.74) is 2.42. The van der Waals surface area contributed by atoms with Crippen LogP contribution in [0.2, 0.25) is 0 Å². The van der Waals surface area contributed by atoms with E-state index >= 15 is 0 Å². The van der Waals surface area contributed by atoms with Gasteiger partial charge in [0.2, 0.25) is 5.91 Å². The van der Waals surface area contributed by atoms with Crippen LogP contribution >= 0.6 is 0 Å². The molecule has 2 aliphatic rings. The minimum absolute atomic E-state index is 0.0233. The van der Waals surface area contributed by atoms with Crippen LogP contribution in [0, 0.1) is 6.92 Å². The average Bonchev–Trinajstić information content (AvgIpc) is 2.85. The minimum Gasteiger partial charge on any atom is -0.348 e. The Kier molecular flexibility index (Phi) is 5.18. The number of carbonyl (C=O) groups excluding carboxylic acids is 1. The zero-order chi connectivity index (χ0) is 18.2. The van der Waals surface area contributed by atoms with E-state index in [9.17, 15) is 13.2 Å². The van der Waals surface area contributed by atoms with Crippen LogP contribution in [0.1, 0.15) is 11.1 Å². The van der Waals surface area contributed by atoms with Gasteiger partial charge in [0.1, 0.15) is 0 Å². The molecule has 6 nitrogen and oxygen atoms in total. The van der Waals surface area contributed by atoms with E-state index in [4.69, 9.17) is 0 Å². The predicted octanol–water partition coefficient (Wildman–Crippen LogP) is 0.366. The number of rotatable bonds is 4. The maximum atomic E-state index is 12.3. The van der Waals surface area contributed by atoms with Crippen molar-refractivity contribution in [3.63, 3.8) is 0 Å². The first kappa shape index (κ1) is 18.4. The Morgan fingerprint density at radius 1 is 1.16 bits per heavy atom. The summed E-state index contributed by atoms with van der Waals surface area (Å²) < 4.78 is 24.5. The highest BCUT2D eigenvalue weighted by atomic mass is 32.2. The third-order valence-corrected chi connectivity index (χ3v) is 6.91. The number of aryl methyl sites for hydroxylation is 1. The second-order valence-electron chi connectivity index (χ2n) is 7.43. The molecule has 2 heterocycles. The van der Waals surface area contributed by atoms with Crippen LogP contribution in [0.15, 0.2) is 24.3 Å². The highest BCUT2D eigenvalue weighted by molar-refractivity contribution is 7.91. The SMILES string of the molecule is Cc1cccc(CN2CCN(CC(=O)N(C)C)C3CS(=O)(=O)CC32)c1. The summed E-state index contributed by atoms with van der Waals surface area (Å²) in [4.78, 5) is 18.0. The Hall–Kier alpha value is -1.44. The Balaban J connectivity index is 1.77. The molecule has 3 rings (SSSR count). The lowest BCUT2D eigenvalue weighted by atomic mass is 10.0. The summed E-state index contributed by atoms with van der Waals surface area (Å²) in [7, 11) is 0.411. The fourth-order valence-corrected chi connectivity index (χ4v) is 5.89. The number of likely N-dealkylation sites (N-methyl/N-ethyl adjacent to an activating group) is 1. The standard InChI is InChI=1S/C18H27N3O3S/c1-14-5-4-6-15(9-14)10-20-7-8-21(11-18(22)19(2)3)17-13-25(23,24)12-16(17)20/h4-6,9,16-17H,7-8,10-13H2,1-3H3. The number of amides is 1. The van der Waals surface area contributed by atoms with E-state index < -0.39 is 9.84 Å². The summed E-state index contributed by atoms with van der Waals surface area (Å²) in [6.07, 6.45) is 0. The largest absolute Gasteiger partial charge is 0.348 e. The molecule has 0 bridgehead atoms. The lowest BCUT2D eigenvalue weighted by Gasteiger charge is -2.43. The van der Waals surface area contributed by atoms with Crippen molar-refractivity contribution in [3.05, 3.63) is 35.4 Å². The van der Waals surface area contributed by atoms with Crippen molar-refractivity contribution in [2.24, 2.45) is 0 Å². The molecule has 0 radical (unpaired) electrons. The number of benzene rings is 1. The molecule has 2 saturated heterocycles. The van der Waals surface area contributed by atoms with Gasteiger partial charge < -0.3 is 4.90 Å². The quantitative estimate of drug-likeness (QED) is 0.771. The number of sulfone groups is 1. The van der Waals surface area contributed by atoms with Gasteiger partial charge in [0.05, 0.1) is 18.1 Å². The average molecular weight is 365 g/mol. The van der Waals surface area contributed by atoms with Crippen LogP contribution in [-0.4, -0.2) is 86.3 Å². The lowest BCUT2D eigenvalue weighted by molar-refractivity contribution is -0.131. The maximum absolute atomic E-state index is 12.3. The number of piperazine rings is 1. The second-order valence-corrected chi connectivity index (χ2v) is 9.58. The molecule has 0 aliphatic carbocycles. The predicted molar refractivity (Wildman–Crippen MR) is 98.1 cm³/mol. The van der Waals surface area contributed by atoms with Crippen LogP contribution in [0.3, 0.4) is 0 Å². The molecular weight excluding hydrogens is 338 g/mol. The van der Waals surface area contributed by atoms with Crippen molar-refractivity contribution < 1.29 is 13.2 Å². The zero-order valence-corrected chi connectivity index (χ0v) is 16.0. The molecule has 0 aromatic heterocycles. The van der Waals surface area contributed by atoms with Crippen LogP contribution < -0.4 is 0 Å². The third-order valence-electron chi connectivity index (χ3n) is 5.21. The minimum atomic E-state index is -3.06. The molecule has 0 spiro atoms. The molecule has 2 aliphatic heterocycles. The Morgan fingerprint density at radius 3 is 2.44 bits per heavy atom. The maximum Gasteiger partial charge on any atom is 0.236 e. The lowest BCUT2D eigenvalue weighted by Crippen LogP contribution is -2.60. The molecule has 2 unspecified atom stereocenters. The zero-order valence-electron chi connectivity index (χ0n) is 15.2. The van der Waals surface area contributed by atoms with Gasteiger partial charge in [-0.1, -0.05) is 29.8 Å². The van der Waals surface area contributed by atoms with Gasteiger partial charge in [0, 0.05) is 45.8 Å². The van der Waals surface area contributed by atoms with Gasteiger partial charge in [-0.3, -0.25) is 14.6 Å². The summed E-state index contributed by atoms with van der Waals surface area (Å²) in [6.45, 7) is 4.63. The van der Waals surface area contributed by atoms with Gasteiger partial charge in [-0.25, -0.2) is 8.42 Å². The molecule has 1 aromatic rings. The van der Waals surface area contributed by atoms with Crippen LogP contribution in [0.25, 0.3) is 0 Å². The topological polar surface area (TPSA) is 60.9 Å². The number of nitrogens with zero attached hydrogens (tertiary/aromatic N) is 3. The summed E-state index contributed by atoms with van der Waals surface area (Å²) in [5.74, 6) is 0.369. The molecule has 25 heavy (non-hydrogen) atoms. The van der Waals surface area contributed by atoms with E-state index in [1.54, 1.807) is 19.0 Å². The highest BCUT2D eigenvalue weighted by Gasteiger charge is 2.46. The molecule has 1 aromatic carbocycles. The van der Waals surface area contributed by atoms with Gasteiger partial charge >= 0.3 is 0 Å². The highest BCUT2D eigenvalue weighted by Crippen LogP contribution is 2.28. The van der Waals surface area contributed by atoms with E-state index in [-0.39, 0.29) is 29.5 Å². The summed E-state index contributed by atoms with van der Waals surface area (Å²) >= 11 is 0. The van der Waals surface area contributed by atoms with Gasteiger partial charge in [-0.05, 0) is 12.5 Å². The van der Waals surface area contributed by atoms with E-state index in [1.807, 2.05) is 6.07 Å². The van der Waals surface area contributed by atoms with E-state index in [2.05, 4.69) is 34.9 Å². The molecule has 7 heteroatoms. The van der Waals surface area contributed by atoms with Crippen molar-refractivity contribution in [1.29, 1.82) is 0 Å². The van der Waals surface area contributed by atoms with Crippen molar-refractivity contribution >= 4 is 15.7 Å². The number of fused-ring (bicyclic) bond motifs is 1. The second kappa shape index (κ2) is 7.05. The van der Waals surface area contributed by atoms with Crippen LogP contribution in [0.5, 0.6) is 0 Å². The van der Waals surface area contributed by atoms with Crippen LogP contribution in [-0.2, 0) is 21.2 Å². The normalized spacial score (nSPS) is 26.4. The van der Waals surface area contributed by atoms with Crippen molar-refractivity contribution in [2.45, 2.75) is 25.6 Å². The van der Waals surface area contributed by atoms with Crippen molar-refractivity contribution in [3.8, 4) is 0 Å². The fourth-order valence-electron chi connectivity index (χ4n) is 3.85. The Labute approximate surface area is 150 Å². The molecule has 1 amide bonds. The molecule has 138 valence electrons. The van der Waals surface area contributed by atoms with Gasteiger partial charge in [0.25, 0.3) is 0 Å². The van der Waals surface area contributed by atoms with Gasteiger partial charge in [0.15, 0.2) is 9.84 Å². The van der Waals surface area contributed by atoms with Crippen molar-refractivity contribution in [2.75, 3.05) is 45.2 Å². The smallest absolute Gasteiger partial charge is 0.236 e. The first-order valence-corrected chi connectivity index (χ1v) is 10.5. The van der Waals surface area contributed by atoms with Crippen molar-refractivity contribution in [1.82, 2.24) is 14.7 Å². The van der Waals surface area contributed by atoms with E-state index in [0.717, 1.165) is 19.6 Å². The molecule has 2 fully saturated rings.